The summed E-state index contributed by atoms with van der Waals surface area (Å²) in [6.45, 7) is 1.95. The molecular formula is C10H15N3. The molecule has 1 aromatic rings. The van der Waals surface area contributed by atoms with E-state index in [9.17, 15) is 0 Å². The van der Waals surface area contributed by atoms with Gasteiger partial charge in [0, 0.05) is 0 Å². The largest absolute Gasteiger partial charge is 0.250 e. The van der Waals surface area contributed by atoms with Crippen LogP contribution in [0.15, 0.2) is 6.33 Å². The Morgan fingerprint density at radius 2 is 2.23 bits per heavy atom. The highest BCUT2D eigenvalue weighted by molar-refractivity contribution is 5.01. The number of hydrogen-bond acceptors (Lipinski definition) is 2. The van der Waals surface area contributed by atoms with Gasteiger partial charge >= 0.3 is 0 Å². The zero-order chi connectivity index (χ0) is 8.89. The summed E-state index contributed by atoms with van der Waals surface area (Å²) >= 11 is 0. The normalized spacial score (nSPS) is 25.6. The molecular weight excluding hydrogens is 162 g/mol. The van der Waals surface area contributed by atoms with Crippen molar-refractivity contribution in [2.45, 2.75) is 45.1 Å². The van der Waals surface area contributed by atoms with Gasteiger partial charge in [-0.3, -0.25) is 0 Å². The van der Waals surface area contributed by atoms with Crippen LogP contribution >= 0.6 is 0 Å². The number of aryl methyl sites for hydroxylation is 1. The summed E-state index contributed by atoms with van der Waals surface area (Å²) in [5.41, 5.74) is 0.741. The fourth-order valence-corrected chi connectivity index (χ4v) is 2.75. The van der Waals surface area contributed by atoms with Crippen molar-refractivity contribution >= 4 is 0 Å². The molecule has 1 aromatic heterocycles. The van der Waals surface area contributed by atoms with Crippen LogP contribution in [-0.4, -0.2) is 14.8 Å². The topological polar surface area (TPSA) is 30.7 Å². The fourth-order valence-electron chi connectivity index (χ4n) is 2.75. The highest BCUT2D eigenvalue weighted by atomic mass is 15.3. The van der Waals surface area contributed by atoms with Crippen LogP contribution < -0.4 is 0 Å². The Labute approximate surface area is 78.2 Å². The summed E-state index contributed by atoms with van der Waals surface area (Å²) in [6.07, 6.45) is 8.93. The van der Waals surface area contributed by atoms with Crippen LogP contribution in [0.3, 0.4) is 0 Å². The second-order valence-corrected chi connectivity index (χ2v) is 4.69. The first-order chi connectivity index (χ1) is 6.27. The smallest absolute Gasteiger partial charge is 0.147 e. The molecule has 3 heteroatoms. The molecule has 0 saturated heterocycles. The molecule has 0 atom stereocenters. The van der Waals surface area contributed by atoms with E-state index in [1.54, 1.807) is 0 Å². The molecule has 0 aliphatic heterocycles. The van der Waals surface area contributed by atoms with Crippen LogP contribution in [0.4, 0.5) is 0 Å². The third-order valence-corrected chi connectivity index (χ3v) is 3.75. The first kappa shape index (κ1) is 7.54. The summed E-state index contributed by atoms with van der Waals surface area (Å²) in [4.78, 5) is 4.16. The van der Waals surface area contributed by atoms with Gasteiger partial charge < -0.3 is 0 Å². The average Bonchev–Trinajstić information content (AvgIpc) is 2.29. The molecule has 0 aromatic carbocycles. The van der Waals surface area contributed by atoms with Gasteiger partial charge in [0.1, 0.15) is 12.2 Å². The molecule has 2 aliphatic rings. The van der Waals surface area contributed by atoms with E-state index in [1.807, 2.05) is 13.3 Å². The van der Waals surface area contributed by atoms with Gasteiger partial charge in [-0.1, -0.05) is 6.42 Å². The lowest BCUT2D eigenvalue weighted by Gasteiger charge is -2.53. The summed E-state index contributed by atoms with van der Waals surface area (Å²) < 4.78 is 2.05. The van der Waals surface area contributed by atoms with Gasteiger partial charge in [-0.05, 0) is 38.0 Å². The highest BCUT2D eigenvalue weighted by Gasteiger charge is 2.49. The van der Waals surface area contributed by atoms with Crippen molar-refractivity contribution in [1.29, 1.82) is 0 Å². The third kappa shape index (κ3) is 1.02. The minimum Gasteiger partial charge on any atom is -0.250 e. The molecule has 3 nitrogen and oxygen atoms in total. The summed E-state index contributed by atoms with van der Waals surface area (Å²) in [6, 6.07) is 0.654. The van der Waals surface area contributed by atoms with Crippen LogP contribution in [-0.2, 0) is 0 Å². The predicted molar refractivity (Wildman–Crippen MR) is 49.3 cm³/mol. The monoisotopic (exact) mass is 177 g/mol. The lowest BCUT2D eigenvalue weighted by atomic mass is 9.54. The van der Waals surface area contributed by atoms with E-state index >= 15 is 0 Å². The zero-order valence-corrected chi connectivity index (χ0v) is 8.03. The van der Waals surface area contributed by atoms with Crippen molar-refractivity contribution in [3.63, 3.8) is 0 Å². The van der Waals surface area contributed by atoms with Crippen molar-refractivity contribution in [1.82, 2.24) is 14.8 Å². The molecule has 0 radical (unpaired) electrons. The minimum atomic E-state index is 0.654. The minimum absolute atomic E-state index is 0.654. The number of nitrogens with zero attached hydrogens (tertiary/aromatic N) is 3. The Hall–Kier alpha value is -0.860. The van der Waals surface area contributed by atoms with Crippen LogP contribution in [0.5, 0.6) is 0 Å². The molecule has 70 valence electrons. The number of hydrogen-bond donors (Lipinski definition) is 0. The molecule has 0 unspecified atom stereocenters. The van der Waals surface area contributed by atoms with Gasteiger partial charge in [-0.15, -0.1) is 0 Å². The zero-order valence-electron chi connectivity index (χ0n) is 8.03. The fraction of sp³-hybridized carbons (Fsp3) is 0.800. The van der Waals surface area contributed by atoms with E-state index in [4.69, 9.17) is 0 Å². The Bertz CT molecular complexity index is 317. The maximum absolute atomic E-state index is 4.36. The molecule has 1 heterocycles. The number of aromatic nitrogens is 3. The summed E-state index contributed by atoms with van der Waals surface area (Å²) in [5, 5.41) is 4.36. The van der Waals surface area contributed by atoms with Crippen LogP contribution in [0, 0.1) is 12.3 Å². The van der Waals surface area contributed by atoms with Crippen molar-refractivity contribution in [3.05, 3.63) is 12.2 Å². The number of rotatable bonds is 1. The Balaban J connectivity index is 1.70. The SMILES string of the molecule is Cc1ncn(C2CC3(CCC3)C2)n1. The maximum Gasteiger partial charge on any atom is 0.147 e. The van der Waals surface area contributed by atoms with Gasteiger partial charge in [-0.2, -0.15) is 5.10 Å². The predicted octanol–water partition coefficient (Wildman–Crippen LogP) is 2.09. The Morgan fingerprint density at radius 3 is 2.69 bits per heavy atom. The second-order valence-electron chi connectivity index (χ2n) is 4.69. The van der Waals surface area contributed by atoms with Gasteiger partial charge in [-0.25, -0.2) is 9.67 Å². The Kier molecular flexibility index (Phi) is 1.35. The summed E-state index contributed by atoms with van der Waals surface area (Å²) in [7, 11) is 0. The molecule has 2 aliphatic carbocycles. The van der Waals surface area contributed by atoms with Gasteiger partial charge in [0.15, 0.2) is 0 Å². The van der Waals surface area contributed by atoms with Gasteiger partial charge in [0.05, 0.1) is 6.04 Å². The molecule has 1 spiro atoms. The van der Waals surface area contributed by atoms with Crippen LogP contribution in [0.1, 0.15) is 44.0 Å². The van der Waals surface area contributed by atoms with Crippen LogP contribution in [0.2, 0.25) is 0 Å². The molecule has 2 fully saturated rings. The lowest BCUT2D eigenvalue weighted by Crippen LogP contribution is -2.43. The highest BCUT2D eigenvalue weighted by Crippen LogP contribution is 2.60. The van der Waals surface area contributed by atoms with E-state index in [0.29, 0.717) is 6.04 Å². The van der Waals surface area contributed by atoms with E-state index in [-0.39, 0.29) is 0 Å². The first-order valence-electron chi connectivity index (χ1n) is 5.15. The molecule has 0 bridgehead atoms. The van der Waals surface area contributed by atoms with Crippen LogP contribution in [0.25, 0.3) is 0 Å². The Morgan fingerprint density at radius 1 is 1.46 bits per heavy atom. The third-order valence-electron chi connectivity index (χ3n) is 3.75. The maximum atomic E-state index is 4.36. The molecule has 0 N–H and O–H groups in total. The quantitative estimate of drug-likeness (QED) is 0.657. The van der Waals surface area contributed by atoms with Crippen molar-refractivity contribution in [3.8, 4) is 0 Å². The molecule has 3 rings (SSSR count). The molecule has 2 saturated carbocycles. The van der Waals surface area contributed by atoms with Gasteiger partial charge in [0.2, 0.25) is 0 Å². The molecule has 0 amide bonds. The van der Waals surface area contributed by atoms with E-state index in [1.165, 1.54) is 32.1 Å². The standard InChI is InChI=1S/C10H15N3/c1-8-11-7-13(12-8)9-5-10(6-9)3-2-4-10/h7,9H,2-6H2,1H3. The van der Waals surface area contributed by atoms with Crippen molar-refractivity contribution < 1.29 is 0 Å². The van der Waals surface area contributed by atoms with E-state index in [2.05, 4.69) is 14.8 Å². The van der Waals surface area contributed by atoms with Gasteiger partial charge in [0.25, 0.3) is 0 Å². The van der Waals surface area contributed by atoms with E-state index < -0.39 is 0 Å². The lowest BCUT2D eigenvalue weighted by molar-refractivity contribution is -0.0221. The van der Waals surface area contributed by atoms with Crippen molar-refractivity contribution in [2.24, 2.45) is 5.41 Å². The second kappa shape index (κ2) is 2.34. The van der Waals surface area contributed by atoms with E-state index in [0.717, 1.165) is 11.2 Å². The first-order valence-corrected chi connectivity index (χ1v) is 5.15. The summed E-state index contributed by atoms with van der Waals surface area (Å²) in [5.74, 6) is 0.898. The van der Waals surface area contributed by atoms with Crippen molar-refractivity contribution in [2.75, 3.05) is 0 Å². The molecule has 13 heavy (non-hydrogen) atoms. The average molecular weight is 177 g/mol.